The van der Waals surface area contributed by atoms with Gasteiger partial charge in [0.25, 0.3) is 0 Å². The number of benzene rings is 3. The fourth-order valence-electron chi connectivity index (χ4n) is 2.53. The van der Waals surface area contributed by atoms with E-state index in [2.05, 4.69) is 15.8 Å². The van der Waals surface area contributed by atoms with Crippen molar-refractivity contribution in [1.29, 1.82) is 0 Å². The van der Waals surface area contributed by atoms with E-state index in [1.807, 2.05) is 72.8 Å². The number of ether oxygens (including phenoxy) is 2. The van der Waals surface area contributed by atoms with Gasteiger partial charge in [-0.1, -0.05) is 48.0 Å². The molecule has 0 aliphatic heterocycles. The molecule has 0 heterocycles. The van der Waals surface area contributed by atoms with Crippen LogP contribution in [0, 0.1) is 0 Å². The average Bonchev–Trinajstić information content (AvgIpc) is 2.74. The zero-order valence-corrected chi connectivity index (χ0v) is 17.4. The summed E-state index contributed by atoms with van der Waals surface area (Å²) in [6.07, 6.45) is 1.78. The number of thiocarbonyl (C=S) groups is 1. The maximum atomic E-state index is 6.18. The van der Waals surface area contributed by atoms with Crippen molar-refractivity contribution < 1.29 is 14.6 Å². The third-order valence-electron chi connectivity index (χ3n) is 3.98. The van der Waals surface area contributed by atoms with E-state index in [0.717, 1.165) is 16.8 Å². The minimum atomic E-state index is 0.359. The van der Waals surface area contributed by atoms with Crippen molar-refractivity contribution in [1.82, 2.24) is 5.43 Å². The normalized spacial score (nSPS) is 10.6. The number of para-hydroxylation sites is 1. The highest BCUT2D eigenvalue weighted by Gasteiger charge is 2.08. The van der Waals surface area contributed by atoms with Gasteiger partial charge in [-0.25, -0.2) is 0 Å². The SMILES string of the molecule is COc1cc(C=[NH+]NC(=S)Nc2ccccc2)ccc1OCc1ccccc1Cl. The molecule has 0 atom stereocenters. The lowest BCUT2D eigenvalue weighted by atomic mass is 10.2. The Hall–Kier alpha value is -3.09. The van der Waals surface area contributed by atoms with Crippen molar-refractivity contribution in [2.24, 2.45) is 0 Å². The number of methoxy groups -OCH3 is 1. The second-order valence-corrected chi connectivity index (χ2v) is 6.84. The zero-order valence-electron chi connectivity index (χ0n) is 15.8. The number of hydrogen-bond acceptors (Lipinski definition) is 3. The molecule has 0 spiro atoms. The van der Waals surface area contributed by atoms with Crippen LogP contribution in [0.5, 0.6) is 11.5 Å². The molecule has 3 aromatic rings. The minimum absolute atomic E-state index is 0.359. The van der Waals surface area contributed by atoms with Crippen LogP contribution in [0.4, 0.5) is 5.69 Å². The third kappa shape index (κ3) is 6.20. The Balaban J connectivity index is 1.58. The van der Waals surface area contributed by atoms with Gasteiger partial charge >= 0.3 is 0 Å². The van der Waals surface area contributed by atoms with E-state index >= 15 is 0 Å². The molecular formula is C22H21ClN3O2S+. The van der Waals surface area contributed by atoms with E-state index in [4.69, 9.17) is 33.3 Å². The van der Waals surface area contributed by atoms with Gasteiger partial charge in [0.2, 0.25) is 5.11 Å². The molecule has 0 aliphatic carbocycles. The van der Waals surface area contributed by atoms with Crippen LogP contribution in [0.25, 0.3) is 0 Å². The van der Waals surface area contributed by atoms with E-state index in [1.54, 1.807) is 13.3 Å². The topological polar surface area (TPSA) is 56.5 Å². The van der Waals surface area contributed by atoms with Crippen molar-refractivity contribution in [3.63, 3.8) is 0 Å². The molecule has 0 aromatic heterocycles. The number of anilines is 1. The predicted octanol–water partition coefficient (Wildman–Crippen LogP) is 3.33. The quantitative estimate of drug-likeness (QED) is 0.307. The van der Waals surface area contributed by atoms with Gasteiger partial charge in [-0.15, -0.1) is 10.5 Å². The number of hydrazone groups is 1. The van der Waals surface area contributed by atoms with Gasteiger partial charge in [0.15, 0.2) is 17.7 Å². The molecule has 0 unspecified atom stereocenters. The molecule has 3 rings (SSSR count). The summed E-state index contributed by atoms with van der Waals surface area (Å²) >= 11 is 11.4. The molecule has 0 saturated heterocycles. The predicted molar refractivity (Wildman–Crippen MR) is 121 cm³/mol. The molecule has 3 aromatic carbocycles. The summed E-state index contributed by atoms with van der Waals surface area (Å²) in [5.41, 5.74) is 5.63. The fourth-order valence-corrected chi connectivity index (χ4v) is 2.90. The van der Waals surface area contributed by atoms with Gasteiger partial charge in [0.1, 0.15) is 6.61 Å². The van der Waals surface area contributed by atoms with Gasteiger partial charge in [0, 0.05) is 21.8 Å². The average molecular weight is 427 g/mol. The molecule has 0 amide bonds. The summed E-state index contributed by atoms with van der Waals surface area (Å²) in [7, 11) is 1.60. The Morgan fingerprint density at radius 1 is 1.03 bits per heavy atom. The first kappa shape index (κ1) is 20.6. The van der Waals surface area contributed by atoms with Crippen molar-refractivity contribution in [2.45, 2.75) is 6.61 Å². The van der Waals surface area contributed by atoms with Crippen molar-refractivity contribution in [3.8, 4) is 11.5 Å². The maximum Gasteiger partial charge on any atom is 0.228 e. The summed E-state index contributed by atoms with van der Waals surface area (Å²) in [6.45, 7) is 0.359. The lowest BCUT2D eigenvalue weighted by molar-refractivity contribution is -0.499. The monoisotopic (exact) mass is 426 g/mol. The molecule has 0 radical (unpaired) electrons. The number of rotatable bonds is 7. The van der Waals surface area contributed by atoms with Crippen LogP contribution in [0.1, 0.15) is 11.1 Å². The van der Waals surface area contributed by atoms with E-state index < -0.39 is 0 Å². The van der Waals surface area contributed by atoms with Crippen LogP contribution in [0.15, 0.2) is 72.8 Å². The van der Waals surface area contributed by atoms with Crippen LogP contribution in [-0.4, -0.2) is 18.4 Å². The van der Waals surface area contributed by atoms with E-state index in [1.165, 1.54) is 0 Å². The summed E-state index contributed by atoms with van der Waals surface area (Å²) in [5.74, 6) is 1.26. The Morgan fingerprint density at radius 2 is 1.79 bits per heavy atom. The molecule has 29 heavy (non-hydrogen) atoms. The maximum absolute atomic E-state index is 6.18. The number of hydrogen-bond donors (Lipinski definition) is 3. The largest absolute Gasteiger partial charge is 0.493 e. The smallest absolute Gasteiger partial charge is 0.228 e. The minimum Gasteiger partial charge on any atom is -0.493 e. The lowest BCUT2D eigenvalue weighted by Crippen LogP contribution is -2.82. The summed E-state index contributed by atoms with van der Waals surface area (Å²) in [6, 6.07) is 22.9. The first-order valence-corrected chi connectivity index (χ1v) is 9.69. The van der Waals surface area contributed by atoms with Crippen LogP contribution < -0.4 is 25.3 Å². The molecule has 3 N–H and O–H groups in total. The highest BCUT2D eigenvalue weighted by molar-refractivity contribution is 7.80. The van der Waals surface area contributed by atoms with Gasteiger partial charge in [-0.05, 0) is 48.6 Å². The summed E-state index contributed by atoms with van der Waals surface area (Å²) in [5, 5.41) is 7.17. The highest BCUT2D eigenvalue weighted by Crippen LogP contribution is 2.29. The highest BCUT2D eigenvalue weighted by atomic mass is 35.5. The van der Waals surface area contributed by atoms with Crippen LogP contribution in [0.3, 0.4) is 0 Å². The molecule has 148 valence electrons. The van der Waals surface area contributed by atoms with Crippen molar-refractivity contribution >= 4 is 40.8 Å². The van der Waals surface area contributed by atoms with Crippen LogP contribution in [0.2, 0.25) is 5.02 Å². The van der Waals surface area contributed by atoms with E-state index in [-0.39, 0.29) is 0 Å². The summed E-state index contributed by atoms with van der Waals surface area (Å²) < 4.78 is 11.3. The van der Waals surface area contributed by atoms with Gasteiger partial charge in [0.05, 0.1) is 7.11 Å². The molecule has 0 saturated carbocycles. The fraction of sp³-hybridized carbons (Fsp3) is 0.0909. The van der Waals surface area contributed by atoms with Gasteiger partial charge in [-0.2, -0.15) is 0 Å². The second kappa shape index (κ2) is 10.5. The molecule has 0 aliphatic rings. The molecule has 7 heteroatoms. The van der Waals surface area contributed by atoms with Crippen molar-refractivity contribution in [2.75, 3.05) is 12.4 Å². The first-order valence-electron chi connectivity index (χ1n) is 8.91. The second-order valence-electron chi connectivity index (χ2n) is 6.02. The number of hydrazine groups is 1. The number of halogens is 1. The molecule has 0 bridgehead atoms. The molecule has 5 nitrogen and oxygen atoms in total. The van der Waals surface area contributed by atoms with E-state index in [9.17, 15) is 0 Å². The van der Waals surface area contributed by atoms with Crippen LogP contribution in [-0.2, 0) is 6.61 Å². The molecule has 0 fully saturated rings. The van der Waals surface area contributed by atoms with Gasteiger partial charge in [-0.3, -0.25) is 0 Å². The van der Waals surface area contributed by atoms with Gasteiger partial charge < -0.3 is 14.8 Å². The number of nitrogens with one attached hydrogen (secondary N) is 3. The third-order valence-corrected chi connectivity index (χ3v) is 4.56. The Labute approximate surface area is 180 Å². The first-order chi connectivity index (χ1) is 14.2. The van der Waals surface area contributed by atoms with Crippen LogP contribution >= 0.6 is 23.8 Å². The van der Waals surface area contributed by atoms with Crippen molar-refractivity contribution in [3.05, 3.63) is 88.9 Å². The Morgan fingerprint density at radius 3 is 2.55 bits per heavy atom. The Bertz CT molecular complexity index is 996. The van der Waals surface area contributed by atoms with E-state index in [0.29, 0.717) is 28.2 Å². The summed E-state index contributed by atoms with van der Waals surface area (Å²) in [4.78, 5) is 0. The Kier molecular flexibility index (Phi) is 7.44. The zero-order chi connectivity index (χ0) is 20.5. The lowest BCUT2D eigenvalue weighted by Gasteiger charge is -2.11. The standard InChI is InChI=1S/C22H20ClN3O2S/c1-27-21-13-16(14-24-26-22(29)25-18-8-3-2-4-9-18)11-12-20(21)28-15-17-7-5-6-10-19(17)23/h2-14H,15H2,1H3,(H2,25,26,29)/p+1. The molecular weight excluding hydrogens is 406 g/mol.